The lowest BCUT2D eigenvalue weighted by Crippen LogP contribution is -2.16. The molecule has 1 amide bonds. The molecule has 7 nitrogen and oxygen atoms in total. The summed E-state index contributed by atoms with van der Waals surface area (Å²) in [6.07, 6.45) is -1.12. The number of aryl methyl sites for hydroxylation is 1. The number of carboxylic acid groups (broad SMARTS) is 1. The predicted octanol–water partition coefficient (Wildman–Crippen LogP) is 7.78. The summed E-state index contributed by atoms with van der Waals surface area (Å²) in [6, 6.07) is 20.7. The summed E-state index contributed by atoms with van der Waals surface area (Å²) in [5.41, 5.74) is 5.19. The second-order valence-corrected chi connectivity index (χ2v) is 10.0. The van der Waals surface area contributed by atoms with Gasteiger partial charge in [-0.05, 0) is 54.3 Å². The van der Waals surface area contributed by atoms with Crippen molar-refractivity contribution in [2.45, 2.75) is 26.4 Å². The van der Waals surface area contributed by atoms with E-state index >= 15 is 0 Å². The molecule has 3 aromatic carbocycles. The molecule has 0 bridgehead atoms. The van der Waals surface area contributed by atoms with E-state index in [0.717, 1.165) is 36.8 Å². The molecule has 0 aliphatic heterocycles. The molecule has 0 aliphatic carbocycles. The number of carboxylic acids is 1. The molecule has 0 aliphatic rings. The van der Waals surface area contributed by atoms with Crippen LogP contribution in [0.4, 0.5) is 10.5 Å². The van der Waals surface area contributed by atoms with Gasteiger partial charge in [-0.3, -0.25) is 10.1 Å². The molecule has 0 saturated heterocycles. The Bertz CT molecular complexity index is 1380. The lowest BCUT2D eigenvalue weighted by atomic mass is 10.0. The fourth-order valence-corrected chi connectivity index (χ4v) is 5.02. The smallest absolute Gasteiger partial charge is 0.412 e. The molecule has 4 rings (SSSR count). The molecule has 1 aromatic heterocycles. The Hall–Kier alpha value is -3.43. The highest BCUT2D eigenvalue weighted by atomic mass is 79.9. The highest BCUT2D eigenvalue weighted by molar-refractivity contribution is 9.11. The number of carbonyl (C=O) groups excluding carboxylic acids is 1. The fourth-order valence-electron chi connectivity index (χ4n) is 3.69. The van der Waals surface area contributed by atoms with E-state index in [1.807, 2.05) is 54.6 Å². The van der Waals surface area contributed by atoms with Gasteiger partial charge in [0, 0.05) is 14.5 Å². The predicted molar refractivity (Wildman–Crippen MR) is 144 cm³/mol. The second-order valence-electron chi connectivity index (χ2n) is 8.19. The first kappa shape index (κ1) is 25.7. The van der Waals surface area contributed by atoms with Gasteiger partial charge >= 0.3 is 12.1 Å². The Kier molecular flexibility index (Phi) is 7.91. The van der Waals surface area contributed by atoms with Crippen molar-refractivity contribution in [2.75, 3.05) is 5.32 Å². The monoisotopic (exact) mass is 612 g/mol. The maximum absolute atomic E-state index is 12.7. The third kappa shape index (κ3) is 6.22. The van der Waals surface area contributed by atoms with Crippen LogP contribution in [0.5, 0.6) is 0 Å². The van der Waals surface area contributed by atoms with E-state index in [2.05, 4.69) is 42.3 Å². The van der Waals surface area contributed by atoms with Gasteiger partial charge in [0.15, 0.2) is 5.76 Å². The van der Waals surface area contributed by atoms with Crippen molar-refractivity contribution in [2.24, 2.45) is 0 Å². The van der Waals surface area contributed by atoms with Gasteiger partial charge in [-0.15, -0.1) is 0 Å². The summed E-state index contributed by atoms with van der Waals surface area (Å²) in [7, 11) is 0. The van der Waals surface area contributed by atoms with Gasteiger partial charge in [0.25, 0.3) is 0 Å². The zero-order valence-electron chi connectivity index (χ0n) is 19.4. The van der Waals surface area contributed by atoms with E-state index in [4.69, 9.17) is 14.4 Å². The number of halogens is 2. The number of aliphatic carboxylic acids is 1. The fraction of sp³-hybridized carbons (Fsp3) is 0.148. The van der Waals surface area contributed by atoms with Crippen LogP contribution in [0.25, 0.3) is 22.5 Å². The number of ether oxygens (including phenoxy) is 1. The van der Waals surface area contributed by atoms with Crippen LogP contribution in [-0.2, 0) is 16.0 Å². The van der Waals surface area contributed by atoms with Gasteiger partial charge in [-0.25, -0.2) is 4.79 Å². The third-order valence-electron chi connectivity index (χ3n) is 5.52. The molecule has 36 heavy (non-hydrogen) atoms. The number of nitrogens with one attached hydrogen (secondary N) is 1. The normalized spacial score (nSPS) is 11.7. The zero-order valence-corrected chi connectivity index (χ0v) is 22.6. The largest absolute Gasteiger partial charge is 0.481 e. The minimum atomic E-state index is -0.863. The van der Waals surface area contributed by atoms with Crippen molar-refractivity contribution in [3.63, 3.8) is 0 Å². The van der Waals surface area contributed by atoms with Crippen LogP contribution in [0, 0.1) is 6.92 Å². The summed E-state index contributed by atoms with van der Waals surface area (Å²) in [5, 5.41) is 15.7. The molecule has 0 saturated carbocycles. The standard InChI is InChI=1S/C27H22Br2N2O5/c1-15-25(30-27(34)35-16(2)21-12-22(28)14-23(29)13-21)26(36-31-15)20-9-7-19(8-10-20)18-5-3-17(4-6-18)11-24(32)33/h3-10,12-14,16H,11H2,1-2H3,(H,30,34)(H,32,33). The number of aromatic nitrogens is 1. The number of nitrogens with zero attached hydrogens (tertiary/aromatic N) is 1. The second kappa shape index (κ2) is 11.1. The lowest BCUT2D eigenvalue weighted by Gasteiger charge is -2.15. The number of hydrogen-bond acceptors (Lipinski definition) is 5. The first-order valence-electron chi connectivity index (χ1n) is 11.0. The number of hydrogen-bond donors (Lipinski definition) is 2. The van der Waals surface area contributed by atoms with E-state index in [1.165, 1.54) is 0 Å². The first-order valence-corrected chi connectivity index (χ1v) is 12.6. The van der Waals surface area contributed by atoms with Crippen molar-refractivity contribution >= 4 is 49.6 Å². The molecule has 184 valence electrons. The van der Waals surface area contributed by atoms with Gasteiger partial charge in [-0.2, -0.15) is 0 Å². The Morgan fingerprint density at radius 3 is 2.11 bits per heavy atom. The molecule has 1 atom stereocenters. The van der Waals surface area contributed by atoms with Crippen LogP contribution >= 0.6 is 31.9 Å². The number of rotatable bonds is 7. The van der Waals surface area contributed by atoms with Crippen LogP contribution < -0.4 is 5.32 Å². The zero-order chi connectivity index (χ0) is 25.8. The summed E-state index contributed by atoms with van der Waals surface area (Å²) in [6.45, 7) is 3.53. The molecule has 1 heterocycles. The van der Waals surface area contributed by atoms with Crippen molar-refractivity contribution in [3.8, 4) is 22.5 Å². The summed E-state index contributed by atoms with van der Waals surface area (Å²) in [5.74, 6) is -0.441. The summed E-state index contributed by atoms with van der Waals surface area (Å²) < 4.78 is 12.8. The maximum Gasteiger partial charge on any atom is 0.412 e. The minimum Gasteiger partial charge on any atom is -0.481 e. The maximum atomic E-state index is 12.7. The Morgan fingerprint density at radius 2 is 1.53 bits per heavy atom. The van der Waals surface area contributed by atoms with E-state index in [-0.39, 0.29) is 6.42 Å². The molecule has 4 aromatic rings. The number of carbonyl (C=O) groups is 2. The summed E-state index contributed by atoms with van der Waals surface area (Å²) in [4.78, 5) is 23.6. The van der Waals surface area contributed by atoms with E-state index in [0.29, 0.717) is 17.1 Å². The number of anilines is 1. The number of benzene rings is 3. The van der Waals surface area contributed by atoms with Gasteiger partial charge in [0.2, 0.25) is 0 Å². The quantitative estimate of drug-likeness (QED) is 0.221. The van der Waals surface area contributed by atoms with Crippen molar-refractivity contribution < 1.29 is 24.0 Å². The number of amides is 1. The van der Waals surface area contributed by atoms with Crippen molar-refractivity contribution in [1.82, 2.24) is 5.16 Å². The van der Waals surface area contributed by atoms with Crippen LogP contribution in [0.15, 0.2) is 80.2 Å². The Balaban J connectivity index is 1.48. The van der Waals surface area contributed by atoms with Gasteiger partial charge in [0.1, 0.15) is 17.5 Å². The van der Waals surface area contributed by atoms with Crippen LogP contribution in [0.2, 0.25) is 0 Å². The van der Waals surface area contributed by atoms with Crippen molar-refractivity contribution in [1.29, 1.82) is 0 Å². The molecule has 0 spiro atoms. The lowest BCUT2D eigenvalue weighted by molar-refractivity contribution is -0.136. The molecule has 1 unspecified atom stereocenters. The first-order chi connectivity index (χ1) is 17.2. The minimum absolute atomic E-state index is 0.0124. The van der Waals surface area contributed by atoms with Gasteiger partial charge in [0.05, 0.1) is 6.42 Å². The highest BCUT2D eigenvalue weighted by Crippen LogP contribution is 2.33. The van der Waals surface area contributed by atoms with Crippen LogP contribution in [-0.4, -0.2) is 22.3 Å². The van der Waals surface area contributed by atoms with Gasteiger partial charge < -0.3 is 14.4 Å². The van der Waals surface area contributed by atoms with Crippen molar-refractivity contribution in [3.05, 3.63) is 92.5 Å². The van der Waals surface area contributed by atoms with Crippen LogP contribution in [0.1, 0.15) is 29.8 Å². The van der Waals surface area contributed by atoms with E-state index < -0.39 is 18.2 Å². The summed E-state index contributed by atoms with van der Waals surface area (Å²) >= 11 is 6.89. The average Bonchev–Trinajstić information content (AvgIpc) is 3.18. The average molecular weight is 614 g/mol. The van der Waals surface area contributed by atoms with E-state index in [1.54, 1.807) is 26.0 Å². The topological polar surface area (TPSA) is 102 Å². The molecule has 2 N–H and O–H groups in total. The third-order valence-corrected chi connectivity index (χ3v) is 6.43. The Morgan fingerprint density at radius 1 is 0.972 bits per heavy atom. The molecule has 0 fully saturated rings. The molecule has 9 heteroatoms. The molecule has 0 radical (unpaired) electrons. The SMILES string of the molecule is Cc1noc(-c2ccc(-c3ccc(CC(=O)O)cc3)cc2)c1NC(=O)OC(C)c1cc(Br)cc(Br)c1. The van der Waals surface area contributed by atoms with Gasteiger partial charge in [-0.1, -0.05) is 85.5 Å². The molecular formula is C27H22Br2N2O5. The van der Waals surface area contributed by atoms with Crippen LogP contribution in [0.3, 0.4) is 0 Å². The Labute approximate surface area is 224 Å². The highest BCUT2D eigenvalue weighted by Gasteiger charge is 2.20. The molecular weight excluding hydrogens is 592 g/mol. The van der Waals surface area contributed by atoms with E-state index in [9.17, 15) is 9.59 Å².